The predicted molar refractivity (Wildman–Crippen MR) is 86.2 cm³/mol. The van der Waals surface area contributed by atoms with Crippen LogP contribution in [0, 0.1) is 0 Å². The Kier molecular flexibility index (Phi) is 6.05. The maximum Gasteiger partial charge on any atom is 0.124 e. The van der Waals surface area contributed by atoms with Crippen molar-refractivity contribution in [2.24, 2.45) is 0 Å². The first kappa shape index (κ1) is 15.8. The molecule has 1 N–H and O–H groups in total. The number of nitrogens with one attached hydrogen (secondary N) is 1. The molecule has 0 fully saturated rings. The first-order valence-corrected chi connectivity index (χ1v) is 7.27. The molecular weight excluding hydrogens is 286 g/mol. The van der Waals surface area contributed by atoms with Crippen LogP contribution in [0.1, 0.15) is 17.2 Å². The summed E-state index contributed by atoms with van der Waals surface area (Å²) in [6.07, 6.45) is 0. The number of hydrogen-bond donors (Lipinski definition) is 1. The van der Waals surface area contributed by atoms with Gasteiger partial charge in [-0.2, -0.15) is 0 Å². The molecule has 0 aliphatic rings. The quantitative estimate of drug-likeness (QED) is 0.792. The first-order chi connectivity index (χ1) is 10.3. The highest BCUT2D eigenvalue weighted by atomic mass is 35.5. The highest BCUT2D eigenvalue weighted by Crippen LogP contribution is 2.30. The van der Waals surface area contributed by atoms with Crippen molar-refractivity contribution in [1.82, 2.24) is 5.32 Å². The van der Waals surface area contributed by atoms with Gasteiger partial charge in [-0.05, 0) is 30.8 Å². The van der Waals surface area contributed by atoms with E-state index in [1.54, 1.807) is 7.11 Å². The third-order valence-electron chi connectivity index (χ3n) is 3.25. The Hall–Kier alpha value is -1.55. The summed E-state index contributed by atoms with van der Waals surface area (Å²) in [7, 11) is 3.59. The van der Waals surface area contributed by atoms with E-state index in [1.807, 2.05) is 43.4 Å². The van der Waals surface area contributed by atoms with Crippen molar-refractivity contribution in [3.8, 4) is 5.75 Å². The van der Waals surface area contributed by atoms with Gasteiger partial charge in [-0.25, -0.2) is 0 Å². The molecule has 0 saturated heterocycles. The molecule has 2 aromatic carbocycles. The topological polar surface area (TPSA) is 30.5 Å². The smallest absolute Gasteiger partial charge is 0.124 e. The summed E-state index contributed by atoms with van der Waals surface area (Å²) in [5.74, 6) is 0.855. The number of hydrogen-bond acceptors (Lipinski definition) is 3. The van der Waals surface area contributed by atoms with Crippen LogP contribution in [0.5, 0.6) is 5.75 Å². The van der Waals surface area contributed by atoms with E-state index >= 15 is 0 Å². The van der Waals surface area contributed by atoms with Crippen molar-refractivity contribution in [2.45, 2.75) is 6.04 Å². The lowest BCUT2D eigenvalue weighted by Gasteiger charge is -2.21. The van der Waals surface area contributed by atoms with Gasteiger partial charge in [0.1, 0.15) is 12.4 Å². The molecule has 0 spiro atoms. The summed E-state index contributed by atoms with van der Waals surface area (Å²) in [6.45, 7) is 1.09. The van der Waals surface area contributed by atoms with Crippen LogP contribution in [0.4, 0.5) is 0 Å². The van der Waals surface area contributed by atoms with Gasteiger partial charge in [0.2, 0.25) is 0 Å². The molecule has 0 bridgehead atoms. The number of para-hydroxylation sites is 1. The molecule has 3 nitrogen and oxygen atoms in total. The minimum atomic E-state index is 0.0300. The normalized spacial score (nSPS) is 12.1. The Labute approximate surface area is 130 Å². The van der Waals surface area contributed by atoms with Crippen molar-refractivity contribution in [3.63, 3.8) is 0 Å². The molecule has 0 radical (unpaired) electrons. The van der Waals surface area contributed by atoms with Crippen molar-refractivity contribution in [1.29, 1.82) is 0 Å². The van der Waals surface area contributed by atoms with Crippen molar-refractivity contribution < 1.29 is 9.47 Å². The third kappa shape index (κ3) is 4.21. The lowest BCUT2D eigenvalue weighted by molar-refractivity contribution is 0.145. The Morgan fingerprint density at radius 2 is 1.90 bits per heavy atom. The Bertz CT molecular complexity index is 574. The maximum absolute atomic E-state index is 6.10. The third-order valence-corrected chi connectivity index (χ3v) is 3.48. The molecule has 1 atom stereocenters. The molecule has 0 aliphatic carbocycles. The molecule has 112 valence electrons. The van der Waals surface area contributed by atoms with Gasteiger partial charge in [-0.15, -0.1) is 0 Å². The summed E-state index contributed by atoms with van der Waals surface area (Å²) in [5, 5.41) is 4.05. The number of ether oxygens (including phenoxy) is 2. The second-order valence-corrected chi connectivity index (χ2v) is 5.09. The van der Waals surface area contributed by atoms with Crippen LogP contribution in [-0.4, -0.2) is 27.4 Å². The second-order valence-electron chi connectivity index (χ2n) is 4.66. The maximum atomic E-state index is 6.10. The monoisotopic (exact) mass is 305 g/mol. The first-order valence-electron chi connectivity index (χ1n) is 6.89. The fourth-order valence-corrected chi connectivity index (χ4v) is 2.47. The van der Waals surface area contributed by atoms with E-state index in [2.05, 4.69) is 17.4 Å². The molecule has 0 saturated carbocycles. The molecular formula is C17H20ClNO2. The van der Waals surface area contributed by atoms with E-state index in [9.17, 15) is 0 Å². The highest BCUT2D eigenvalue weighted by Gasteiger charge is 2.16. The average molecular weight is 306 g/mol. The summed E-state index contributed by atoms with van der Waals surface area (Å²) in [4.78, 5) is 0. The molecule has 0 aromatic heterocycles. The zero-order valence-electron chi connectivity index (χ0n) is 12.3. The molecule has 2 aromatic rings. The van der Waals surface area contributed by atoms with Crippen molar-refractivity contribution in [2.75, 3.05) is 27.4 Å². The van der Waals surface area contributed by atoms with E-state index in [0.717, 1.165) is 21.9 Å². The lowest BCUT2D eigenvalue weighted by atomic mass is 9.98. The van der Waals surface area contributed by atoms with Crippen LogP contribution >= 0.6 is 11.6 Å². The molecule has 4 heteroatoms. The van der Waals surface area contributed by atoms with Gasteiger partial charge in [-0.3, -0.25) is 0 Å². The van der Waals surface area contributed by atoms with Gasteiger partial charge in [0.05, 0.1) is 12.6 Å². The van der Waals surface area contributed by atoms with E-state index in [0.29, 0.717) is 13.2 Å². The van der Waals surface area contributed by atoms with Gasteiger partial charge < -0.3 is 14.8 Å². The van der Waals surface area contributed by atoms with Crippen LogP contribution in [0.2, 0.25) is 5.02 Å². The lowest BCUT2D eigenvalue weighted by Crippen LogP contribution is -2.19. The summed E-state index contributed by atoms with van der Waals surface area (Å²) in [6, 6.07) is 15.9. The molecule has 0 heterocycles. The summed E-state index contributed by atoms with van der Waals surface area (Å²) in [5.41, 5.74) is 2.19. The Balaban J connectivity index is 2.29. The largest absolute Gasteiger partial charge is 0.491 e. The summed E-state index contributed by atoms with van der Waals surface area (Å²) < 4.78 is 10.8. The van der Waals surface area contributed by atoms with Gasteiger partial charge in [0, 0.05) is 17.7 Å². The molecule has 21 heavy (non-hydrogen) atoms. The fraction of sp³-hybridized carbons (Fsp3) is 0.294. The van der Waals surface area contributed by atoms with Crippen LogP contribution in [0.15, 0.2) is 48.5 Å². The van der Waals surface area contributed by atoms with Crippen LogP contribution in [0.3, 0.4) is 0 Å². The van der Waals surface area contributed by atoms with Gasteiger partial charge in [-0.1, -0.05) is 41.9 Å². The Morgan fingerprint density at radius 1 is 1.10 bits per heavy atom. The van der Waals surface area contributed by atoms with E-state index < -0.39 is 0 Å². The number of halogens is 1. The van der Waals surface area contributed by atoms with Gasteiger partial charge in [0.15, 0.2) is 0 Å². The number of methoxy groups -OCH3 is 1. The van der Waals surface area contributed by atoms with Gasteiger partial charge in [0.25, 0.3) is 0 Å². The highest BCUT2D eigenvalue weighted by molar-refractivity contribution is 6.30. The summed E-state index contributed by atoms with van der Waals surface area (Å²) >= 11 is 6.10. The zero-order chi connectivity index (χ0) is 15.1. The molecule has 0 aliphatic heterocycles. The molecule has 1 unspecified atom stereocenters. The predicted octanol–water partition coefficient (Wildman–Crippen LogP) is 3.67. The molecule has 2 rings (SSSR count). The number of rotatable bonds is 7. The van der Waals surface area contributed by atoms with E-state index in [1.165, 1.54) is 0 Å². The van der Waals surface area contributed by atoms with Crippen LogP contribution in [-0.2, 0) is 4.74 Å². The van der Waals surface area contributed by atoms with Crippen LogP contribution in [0.25, 0.3) is 0 Å². The van der Waals surface area contributed by atoms with Gasteiger partial charge >= 0.3 is 0 Å². The number of benzene rings is 2. The van der Waals surface area contributed by atoms with Crippen molar-refractivity contribution in [3.05, 3.63) is 64.7 Å². The van der Waals surface area contributed by atoms with E-state index in [-0.39, 0.29) is 6.04 Å². The second kappa shape index (κ2) is 8.03. The minimum Gasteiger partial charge on any atom is -0.491 e. The van der Waals surface area contributed by atoms with E-state index in [4.69, 9.17) is 21.1 Å². The van der Waals surface area contributed by atoms with Crippen molar-refractivity contribution >= 4 is 11.6 Å². The average Bonchev–Trinajstić information content (AvgIpc) is 2.50. The SMILES string of the molecule is CNC(c1cccc(Cl)c1)c1ccccc1OCCOC. The fourth-order valence-electron chi connectivity index (χ4n) is 2.27. The Morgan fingerprint density at radius 3 is 2.62 bits per heavy atom. The van der Waals surface area contributed by atoms with Crippen LogP contribution < -0.4 is 10.1 Å². The standard InChI is InChI=1S/C17H20ClNO2/c1-19-17(13-6-5-7-14(18)12-13)15-8-3-4-9-16(15)21-11-10-20-2/h3-9,12,17,19H,10-11H2,1-2H3. The zero-order valence-corrected chi connectivity index (χ0v) is 13.1. The minimum absolute atomic E-state index is 0.0300. The molecule has 0 amide bonds.